The average Bonchev–Trinajstić information content (AvgIpc) is 3.28. The number of methoxy groups -OCH3 is 2. The van der Waals surface area contributed by atoms with Crippen LogP contribution in [0, 0.1) is 5.82 Å². The fraction of sp³-hybridized carbons (Fsp3) is 0.318. The zero-order valence-electron chi connectivity index (χ0n) is 18.1. The lowest BCUT2D eigenvalue weighted by Gasteiger charge is -2.21. The number of thioether (sulfide) groups is 1. The van der Waals surface area contributed by atoms with Crippen molar-refractivity contribution in [1.29, 1.82) is 0 Å². The van der Waals surface area contributed by atoms with Crippen molar-refractivity contribution in [3.63, 3.8) is 0 Å². The van der Waals surface area contributed by atoms with Crippen LogP contribution in [0.15, 0.2) is 46.8 Å². The van der Waals surface area contributed by atoms with Crippen LogP contribution in [0.5, 0.6) is 11.5 Å². The van der Waals surface area contributed by atoms with Gasteiger partial charge in [0.2, 0.25) is 11.0 Å². The number of aromatic nitrogens is 2. The first-order chi connectivity index (χ1) is 15.5. The molecule has 0 aliphatic heterocycles. The standard InChI is InChI=1S/C22H25FN4O3S2/c1-4-27(13-16-7-10-18(29-2)19(11-16)30-3)20(28)14-31-22-26-25-21(32-22)24-12-15-5-8-17(23)9-6-15/h5-11H,4,12-14H2,1-3H3,(H,24,25). The number of rotatable bonds is 11. The number of anilines is 1. The van der Waals surface area contributed by atoms with Crippen molar-refractivity contribution in [2.45, 2.75) is 24.4 Å². The molecule has 0 aliphatic carbocycles. The molecular formula is C22H25FN4O3S2. The maximum absolute atomic E-state index is 13.0. The highest BCUT2D eigenvalue weighted by Gasteiger charge is 2.15. The summed E-state index contributed by atoms with van der Waals surface area (Å²) in [7, 11) is 3.18. The molecule has 32 heavy (non-hydrogen) atoms. The van der Waals surface area contributed by atoms with Crippen molar-refractivity contribution in [2.75, 3.05) is 31.8 Å². The van der Waals surface area contributed by atoms with Gasteiger partial charge in [0.05, 0.1) is 20.0 Å². The lowest BCUT2D eigenvalue weighted by Crippen LogP contribution is -2.31. The molecule has 2 aromatic carbocycles. The number of halogens is 1. The van der Waals surface area contributed by atoms with Gasteiger partial charge >= 0.3 is 0 Å². The van der Waals surface area contributed by atoms with Crippen molar-refractivity contribution in [2.24, 2.45) is 0 Å². The number of amides is 1. The Bertz CT molecular complexity index is 1030. The third-order valence-electron chi connectivity index (χ3n) is 4.64. The van der Waals surface area contributed by atoms with Crippen LogP contribution in [0.25, 0.3) is 0 Å². The minimum Gasteiger partial charge on any atom is -0.493 e. The zero-order valence-corrected chi connectivity index (χ0v) is 19.8. The number of nitrogens with one attached hydrogen (secondary N) is 1. The molecule has 0 saturated heterocycles. The summed E-state index contributed by atoms with van der Waals surface area (Å²) in [6.45, 7) is 3.55. The van der Waals surface area contributed by atoms with E-state index in [9.17, 15) is 9.18 Å². The molecule has 0 aliphatic rings. The number of ether oxygens (including phenoxy) is 2. The molecule has 10 heteroatoms. The summed E-state index contributed by atoms with van der Waals surface area (Å²) in [5, 5.41) is 12.1. The van der Waals surface area contributed by atoms with Gasteiger partial charge in [-0.25, -0.2) is 4.39 Å². The first-order valence-corrected chi connectivity index (χ1v) is 11.8. The Morgan fingerprint density at radius 2 is 1.81 bits per heavy atom. The normalized spacial score (nSPS) is 10.6. The molecule has 0 saturated carbocycles. The third-order valence-corrected chi connectivity index (χ3v) is 6.64. The van der Waals surface area contributed by atoms with Gasteiger partial charge in [0, 0.05) is 19.6 Å². The van der Waals surface area contributed by atoms with E-state index in [0.29, 0.717) is 40.6 Å². The second-order valence-corrected chi connectivity index (χ2v) is 8.94. The molecule has 0 bridgehead atoms. The molecule has 0 unspecified atom stereocenters. The van der Waals surface area contributed by atoms with Crippen molar-refractivity contribution in [1.82, 2.24) is 15.1 Å². The smallest absolute Gasteiger partial charge is 0.233 e. The molecule has 1 amide bonds. The fourth-order valence-corrected chi connectivity index (χ4v) is 4.56. The Kier molecular flexibility index (Phi) is 8.69. The van der Waals surface area contributed by atoms with Crippen LogP contribution in [-0.4, -0.2) is 47.5 Å². The Hall–Kier alpha value is -2.85. The lowest BCUT2D eigenvalue weighted by atomic mass is 10.2. The van der Waals surface area contributed by atoms with Crippen LogP contribution in [-0.2, 0) is 17.9 Å². The molecule has 1 aromatic heterocycles. The van der Waals surface area contributed by atoms with E-state index in [1.165, 1.54) is 35.2 Å². The summed E-state index contributed by atoms with van der Waals surface area (Å²) in [5.41, 5.74) is 1.91. The fourth-order valence-electron chi connectivity index (χ4n) is 2.91. The number of benzene rings is 2. The first-order valence-electron chi connectivity index (χ1n) is 9.95. The molecule has 0 atom stereocenters. The van der Waals surface area contributed by atoms with Gasteiger partial charge < -0.3 is 19.7 Å². The van der Waals surface area contributed by atoms with Crippen molar-refractivity contribution >= 4 is 34.1 Å². The van der Waals surface area contributed by atoms with Gasteiger partial charge in [0.1, 0.15) is 5.82 Å². The summed E-state index contributed by atoms with van der Waals surface area (Å²) < 4.78 is 24.3. The summed E-state index contributed by atoms with van der Waals surface area (Å²) >= 11 is 2.74. The number of carbonyl (C=O) groups excluding carboxylic acids is 1. The van der Waals surface area contributed by atoms with Crippen molar-refractivity contribution in [3.05, 3.63) is 59.4 Å². The molecule has 0 fully saturated rings. The van der Waals surface area contributed by atoms with E-state index in [-0.39, 0.29) is 17.5 Å². The van der Waals surface area contributed by atoms with Gasteiger partial charge in [-0.1, -0.05) is 41.3 Å². The van der Waals surface area contributed by atoms with Gasteiger partial charge in [-0.15, -0.1) is 10.2 Å². The highest BCUT2D eigenvalue weighted by atomic mass is 32.2. The molecule has 0 spiro atoms. The quantitative estimate of drug-likeness (QED) is 0.410. The van der Waals surface area contributed by atoms with E-state index < -0.39 is 0 Å². The van der Waals surface area contributed by atoms with E-state index in [0.717, 1.165) is 11.1 Å². The Balaban J connectivity index is 1.51. The second kappa shape index (κ2) is 11.7. The molecule has 3 rings (SSSR count). The second-order valence-electron chi connectivity index (χ2n) is 6.74. The highest BCUT2D eigenvalue weighted by Crippen LogP contribution is 2.29. The summed E-state index contributed by atoms with van der Waals surface area (Å²) in [4.78, 5) is 14.5. The Labute approximate surface area is 195 Å². The van der Waals surface area contributed by atoms with E-state index in [1.54, 1.807) is 31.3 Å². The molecule has 0 radical (unpaired) electrons. The van der Waals surface area contributed by atoms with Gasteiger partial charge in [-0.05, 0) is 42.3 Å². The Morgan fingerprint density at radius 3 is 2.50 bits per heavy atom. The molecule has 170 valence electrons. The van der Waals surface area contributed by atoms with Crippen LogP contribution >= 0.6 is 23.1 Å². The third kappa shape index (κ3) is 6.57. The average molecular weight is 477 g/mol. The molecule has 1 N–H and O–H groups in total. The van der Waals surface area contributed by atoms with Crippen LogP contribution in [0.4, 0.5) is 9.52 Å². The van der Waals surface area contributed by atoms with Crippen LogP contribution < -0.4 is 14.8 Å². The summed E-state index contributed by atoms with van der Waals surface area (Å²) in [5.74, 6) is 1.32. The number of hydrogen-bond acceptors (Lipinski definition) is 8. The molecular weight excluding hydrogens is 451 g/mol. The van der Waals surface area contributed by atoms with E-state index in [2.05, 4.69) is 15.5 Å². The van der Waals surface area contributed by atoms with Gasteiger partial charge in [-0.2, -0.15) is 0 Å². The van der Waals surface area contributed by atoms with E-state index in [4.69, 9.17) is 9.47 Å². The van der Waals surface area contributed by atoms with Gasteiger partial charge in [0.15, 0.2) is 15.8 Å². The van der Waals surface area contributed by atoms with Crippen LogP contribution in [0.2, 0.25) is 0 Å². The van der Waals surface area contributed by atoms with Gasteiger partial charge in [0.25, 0.3) is 0 Å². The van der Waals surface area contributed by atoms with Gasteiger partial charge in [-0.3, -0.25) is 4.79 Å². The SMILES string of the molecule is CCN(Cc1ccc(OC)c(OC)c1)C(=O)CSc1nnc(NCc2ccc(F)cc2)s1. The predicted molar refractivity (Wildman–Crippen MR) is 125 cm³/mol. The maximum atomic E-state index is 13.0. The predicted octanol–water partition coefficient (Wildman–Crippen LogP) is 4.45. The summed E-state index contributed by atoms with van der Waals surface area (Å²) in [6, 6.07) is 11.9. The number of carbonyl (C=O) groups is 1. The van der Waals surface area contributed by atoms with Crippen LogP contribution in [0.1, 0.15) is 18.1 Å². The number of hydrogen-bond donors (Lipinski definition) is 1. The van der Waals surface area contributed by atoms with Crippen molar-refractivity contribution < 1.29 is 18.7 Å². The molecule has 7 nitrogen and oxygen atoms in total. The zero-order chi connectivity index (χ0) is 22.9. The maximum Gasteiger partial charge on any atom is 0.233 e. The lowest BCUT2D eigenvalue weighted by molar-refractivity contribution is -0.128. The minimum atomic E-state index is -0.264. The molecule has 1 heterocycles. The van der Waals surface area contributed by atoms with Crippen molar-refractivity contribution in [3.8, 4) is 11.5 Å². The first kappa shape index (κ1) is 23.8. The molecule has 3 aromatic rings. The van der Waals surface area contributed by atoms with Crippen LogP contribution in [0.3, 0.4) is 0 Å². The topological polar surface area (TPSA) is 76.6 Å². The Morgan fingerprint density at radius 1 is 1.09 bits per heavy atom. The number of nitrogens with zero attached hydrogens (tertiary/aromatic N) is 3. The largest absolute Gasteiger partial charge is 0.493 e. The van der Waals surface area contributed by atoms with E-state index in [1.807, 2.05) is 25.1 Å². The van der Waals surface area contributed by atoms with E-state index >= 15 is 0 Å². The highest BCUT2D eigenvalue weighted by molar-refractivity contribution is 8.01. The monoisotopic (exact) mass is 476 g/mol. The minimum absolute atomic E-state index is 0.0170. The summed E-state index contributed by atoms with van der Waals surface area (Å²) in [6.07, 6.45) is 0.